The maximum absolute atomic E-state index is 9.78. The molecule has 0 amide bonds. The van der Waals surface area contributed by atoms with Crippen molar-refractivity contribution in [3.63, 3.8) is 0 Å². The van der Waals surface area contributed by atoms with E-state index in [-0.39, 0.29) is 0 Å². The van der Waals surface area contributed by atoms with E-state index in [1.54, 1.807) is 0 Å². The Balaban J connectivity index is 3.85. The van der Waals surface area contributed by atoms with Crippen molar-refractivity contribution in [1.82, 2.24) is 4.90 Å². The topological polar surface area (TPSA) is 41.9 Å². The van der Waals surface area contributed by atoms with Crippen LogP contribution < -0.4 is 0 Å². The van der Waals surface area contributed by atoms with Gasteiger partial charge in [-0.15, -0.1) is 0 Å². The van der Waals surface area contributed by atoms with Crippen LogP contribution in [0.15, 0.2) is 0 Å². The third kappa shape index (κ3) is 10.4. The Bertz CT molecular complexity index is 147. The van der Waals surface area contributed by atoms with E-state index in [9.17, 15) is 5.11 Å². The van der Waals surface area contributed by atoms with Crippen molar-refractivity contribution < 1.29 is 14.6 Å². The molecular formula is C12H27NO3. The lowest BCUT2D eigenvalue weighted by Gasteiger charge is -2.28. The molecule has 4 heteroatoms. The van der Waals surface area contributed by atoms with Gasteiger partial charge in [0.1, 0.15) is 0 Å². The first-order chi connectivity index (χ1) is 7.49. The maximum Gasteiger partial charge on any atom is 0.0718 e. The second-order valence-corrected chi connectivity index (χ2v) is 4.48. The fourth-order valence-electron chi connectivity index (χ4n) is 1.49. The molecule has 1 N–H and O–H groups in total. The van der Waals surface area contributed by atoms with Crippen LogP contribution in [-0.2, 0) is 9.47 Å². The van der Waals surface area contributed by atoms with Gasteiger partial charge in [0, 0.05) is 32.8 Å². The molecule has 0 rings (SSSR count). The predicted molar refractivity (Wildman–Crippen MR) is 65.7 cm³/mol. The summed E-state index contributed by atoms with van der Waals surface area (Å²) in [5, 5.41) is 9.78. The molecular weight excluding hydrogens is 206 g/mol. The second kappa shape index (κ2) is 8.93. The Kier molecular flexibility index (Phi) is 8.84. The van der Waals surface area contributed by atoms with Gasteiger partial charge in [-0.25, -0.2) is 0 Å². The van der Waals surface area contributed by atoms with Crippen molar-refractivity contribution in [3.8, 4) is 0 Å². The number of ether oxygens (including phenoxy) is 2. The molecule has 0 aromatic carbocycles. The van der Waals surface area contributed by atoms with Gasteiger partial charge >= 0.3 is 0 Å². The summed E-state index contributed by atoms with van der Waals surface area (Å²) in [6, 6.07) is 0. The van der Waals surface area contributed by atoms with Crippen LogP contribution >= 0.6 is 0 Å². The molecule has 0 bridgehead atoms. The summed E-state index contributed by atoms with van der Waals surface area (Å²) in [4.78, 5) is 2.17. The van der Waals surface area contributed by atoms with Crippen molar-refractivity contribution in [2.24, 2.45) is 0 Å². The molecule has 0 atom stereocenters. The minimum Gasteiger partial charge on any atom is -0.389 e. The van der Waals surface area contributed by atoms with E-state index in [2.05, 4.69) is 4.90 Å². The van der Waals surface area contributed by atoms with Crippen LogP contribution in [0.2, 0.25) is 0 Å². The Morgan fingerprint density at radius 2 is 1.44 bits per heavy atom. The third-order valence-electron chi connectivity index (χ3n) is 2.12. The summed E-state index contributed by atoms with van der Waals surface area (Å²) in [6.07, 6.45) is 0. The van der Waals surface area contributed by atoms with Crippen molar-refractivity contribution in [2.45, 2.75) is 33.3 Å². The Morgan fingerprint density at radius 1 is 1.00 bits per heavy atom. The largest absolute Gasteiger partial charge is 0.389 e. The minimum absolute atomic E-state index is 0.646. The van der Waals surface area contributed by atoms with Gasteiger partial charge in [0.25, 0.3) is 0 Å². The standard InChI is InChI=1S/C12H27NO3/c1-5-15-9-7-13(8-10-16-6-2)11-12(3,4)14/h14H,5-11H2,1-4H3. The zero-order chi connectivity index (χ0) is 12.4. The van der Waals surface area contributed by atoms with Crippen molar-refractivity contribution >= 4 is 0 Å². The first-order valence-electron chi connectivity index (χ1n) is 6.09. The molecule has 0 spiro atoms. The van der Waals surface area contributed by atoms with Crippen LogP contribution in [0.25, 0.3) is 0 Å². The van der Waals surface area contributed by atoms with E-state index < -0.39 is 5.60 Å². The SMILES string of the molecule is CCOCCN(CCOCC)CC(C)(C)O. The molecule has 0 aromatic heterocycles. The average molecular weight is 233 g/mol. The average Bonchev–Trinajstić information content (AvgIpc) is 2.16. The Hall–Kier alpha value is -0.160. The summed E-state index contributed by atoms with van der Waals surface area (Å²) in [5.41, 5.74) is -0.668. The molecule has 0 fully saturated rings. The maximum atomic E-state index is 9.78. The molecule has 0 saturated carbocycles. The smallest absolute Gasteiger partial charge is 0.0718 e. The van der Waals surface area contributed by atoms with Gasteiger partial charge in [0.15, 0.2) is 0 Å². The lowest BCUT2D eigenvalue weighted by atomic mass is 10.1. The summed E-state index contributed by atoms with van der Waals surface area (Å²) in [5.74, 6) is 0. The van der Waals surface area contributed by atoms with Crippen molar-refractivity contribution in [3.05, 3.63) is 0 Å². The number of aliphatic hydroxyl groups is 1. The highest BCUT2D eigenvalue weighted by atomic mass is 16.5. The Labute approximate surface area is 99.5 Å². The highest BCUT2D eigenvalue weighted by Gasteiger charge is 2.17. The number of rotatable bonds is 10. The van der Waals surface area contributed by atoms with Gasteiger partial charge in [-0.1, -0.05) is 0 Å². The van der Waals surface area contributed by atoms with Crippen LogP contribution in [0.4, 0.5) is 0 Å². The molecule has 0 saturated heterocycles. The van der Waals surface area contributed by atoms with E-state index >= 15 is 0 Å². The summed E-state index contributed by atoms with van der Waals surface area (Å²) < 4.78 is 10.6. The van der Waals surface area contributed by atoms with Gasteiger partial charge in [0.2, 0.25) is 0 Å². The lowest BCUT2D eigenvalue weighted by molar-refractivity contribution is 0.0127. The predicted octanol–water partition coefficient (Wildman–Crippen LogP) is 1.13. The third-order valence-corrected chi connectivity index (χ3v) is 2.12. The zero-order valence-corrected chi connectivity index (χ0v) is 11.2. The van der Waals surface area contributed by atoms with Crippen LogP contribution in [0.5, 0.6) is 0 Å². The highest BCUT2D eigenvalue weighted by molar-refractivity contribution is 4.72. The fraction of sp³-hybridized carbons (Fsp3) is 1.00. The first-order valence-corrected chi connectivity index (χ1v) is 6.09. The van der Waals surface area contributed by atoms with E-state index in [4.69, 9.17) is 9.47 Å². The molecule has 0 radical (unpaired) electrons. The molecule has 0 heterocycles. The monoisotopic (exact) mass is 233 g/mol. The molecule has 0 aliphatic heterocycles. The minimum atomic E-state index is -0.668. The highest BCUT2D eigenvalue weighted by Crippen LogP contribution is 2.04. The summed E-state index contributed by atoms with van der Waals surface area (Å²) in [7, 11) is 0. The fourth-order valence-corrected chi connectivity index (χ4v) is 1.49. The van der Waals surface area contributed by atoms with Gasteiger partial charge in [-0.05, 0) is 27.7 Å². The van der Waals surface area contributed by atoms with Gasteiger partial charge in [0.05, 0.1) is 18.8 Å². The normalized spacial score (nSPS) is 12.4. The molecule has 4 nitrogen and oxygen atoms in total. The zero-order valence-electron chi connectivity index (χ0n) is 11.2. The molecule has 0 aliphatic carbocycles. The number of nitrogens with zero attached hydrogens (tertiary/aromatic N) is 1. The van der Waals surface area contributed by atoms with Crippen LogP contribution in [-0.4, -0.2) is 61.7 Å². The van der Waals surface area contributed by atoms with Crippen LogP contribution in [0, 0.1) is 0 Å². The summed E-state index contributed by atoms with van der Waals surface area (Å²) >= 11 is 0. The lowest BCUT2D eigenvalue weighted by Crippen LogP contribution is -2.41. The van der Waals surface area contributed by atoms with E-state index in [1.807, 2.05) is 27.7 Å². The molecule has 16 heavy (non-hydrogen) atoms. The van der Waals surface area contributed by atoms with Crippen LogP contribution in [0.3, 0.4) is 0 Å². The van der Waals surface area contributed by atoms with Crippen molar-refractivity contribution in [1.29, 1.82) is 0 Å². The van der Waals surface area contributed by atoms with E-state index in [0.717, 1.165) is 26.3 Å². The number of hydrogen-bond acceptors (Lipinski definition) is 4. The molecule has 0 unspecified atom stereocenters. The van der Waals surface area contributed by atoms with Crippen LogP contribution in [0.1, 0.15) is 27.7 Å². The summed E-state index contributed by atoms with van der Waals surface area (Å²) in [6.45, 7) is 12.8. The van der Waals surface area contributed by atoms with E-state index in [1.165, 1.54) is 0 Å². The molecule has 0 aliphatic rings. The van der Waals surface area contributed by atoms with Gasteiger partial charge in [-0.3, -0.25) is 4.90 Å². The second-order valence-electron chi connectivity index (χ2n) is 4.48. The molecule has 0 aromatic rings. The Morgan fingerprint density at radius 3 is 1.75 bits per heavy atom. The van der Waals surface area contributed by atoms with Gasteiger partial charge in [-0.2, -0.15) is 0 Å². The quantitative estimate of drug-likeness (QED) is 0.574. The first kappa shape index (κ1) is 15.8. The molecule has 98 valence electrons. The van der Waals surface area contributed by atoms with E-state index in [0.29, 0.717) is 19.8 Å². The van der Waals surface area contributed by atoms with Crippen molar-refractivity contribution in [2.75, 3.05) is 46.1 Å². The van der Waals surface area contributed by atoms with Gasteiger partial charge < -0.3 is 14.6 Å². The number of hydrogen-bond donors (Lipinski definition) is 1.